The fourth-order valence-electron chi connectivity index (χ4n) is 2.22. The van der Waals surface area contributed by atoms with Crippen molar-refractivity contribution >= 4 is 16.9 Å². The first kappa shape index (κ1) is 13.4. The van der Waals surface area contributed by atoms with Crippen LogP contribution >= 0.6 is 0 Å². The largest absolute Gasteiger partial charge is 0.475 e. The van der Waals surface area contributed by atoms with Crippen LogP contribution in [0.15, 0.2) is 41.1 Å². The minimum atomic E-state index is -1.05. The van der Waals surface area contributed by atoms with Gasteiger partial charge in [0.25, 0.3) is 0 Å². The van der Waals surface area contributed by atoms with Gasteiger partial charge in [-0.15, -0.1) is 0 Å². The van der Waals surface area contributed by atoms with Gasteiger partial charge in [-0.1, -0.05) is 6.07 Å². The summed E-state index contributed by atoms with van der Waals surface area (Å²) in [6.07, 6.45) is 3.79. The van der Waals surface area contributed by atoms with Crippen molar-refractivity contribution in [1.82, 2.24) is 15.1 Å². The molecular formula is C15H15N3O3. The number of aryl methyl sites for hydroxylation is 1. The number of fused-ring (bicyclic) bond motifs is 1. The molecule has 0 spiro atoms. The minimum absolute atomic E-state index is 0.0366. The van der Waals surface area contributed by atoms with E-state index in [0.29, 0.717) is 12.1 Å². The number of hydrogen-bond acceptors (Lipinski definition) is 4. The van der Waals surface area contributed by atoms with Gasteiger partial charge < -0.3 is 14.8 Å². The van der Waals surface area contributed by atoms with Crippen molar-refractivity contribution in [2.24, 2.45) is 7.05 Å². The van der Waals surface area contributed by atoms with E-state index >= 15 is 0 Å². The molecule has 0 fully saturated rings. The Hall–Kier alpha value is -2.60. The average molecular weight is 285 g/mol. The Bertz CT molecular complexity index is 788. The van der Waals surface area contributed by atoms with Crippen LogP contribution in [0.2, 0.25) is 0 Å². The van der Waals surface area contributed by atoms with Crippen LogP contribution in [-0.4, -0.2) is 20.9 Å². The van der Waals surface area contributed by atoms with Crippen LogP contribution < -0.4 is 5.32 Å². The number of furan rings is 1. The van der Waals surface area contributed by atoms with Crippen molar-refractivity contribution < 1.29 is 14.3 Å². The van der Waals surface area contributed by atoms with Gasteiger partial charge in [-0.25, -0.2) is 4.79 Å². The summed E-state index contributed by atoms with van der Waals surface area (Å²) in [5, 5.41) is 17.1. The van der Waals surface area contributed by atoms with Crippen LogP contribution in [0.5, 0.6) is 0 Å². The zero-order valence-corrected chi connectivity index (χ0v) is 11.5. The molecule has 0 bridgehead atoms. The standard InChI is InChI=1S/C15H15N3O3/c1-18-9-11(8-17-18)7-16-6-10-2-3-13-12(4-10)5-14(21-13)15(19)20/h2-5,8-9,16H,6-7H2,1H3,(H,19,20). The number of carboxylic acid groups (broad SMARTS) is 1. The second kappa shape index (κ2) is 5.41. The molecule has 6 nitrogen and oxygen atoms in total. The second-order valence-electron chi connectivity index (χ2n) is 4.91. The summed E-state index contributed by atoms with van der Waals surface area (Å²) in [5.41, 5.74) is 2.78. The molecule has 6 heteroatoms. The normalized spacial score (nSPS) is 11.1. The van der Waals surface area contributed by atoms with Gasteiger partial charge in [-0.3, -0.25) is 4.68 Å². The van der Waals surface area contributed by atoms with Gasteiger partial charge in [0, 0.05) is 37.3 Å². The molecule has 0 aliphatic carbocycles. The summed E-state index contributed by atoms with van der Waals surface area (Å²) >= 11 is 0. The number of aromatic nitrogens is 2. The molecule has 0 saturated heterocycles. The quantitative estimate of drug-likeness (QED) is 0.751. The maximum absolute atomic E-state index is 10.9. The topological polar surface area (TPSA) is 80.3 Å². The molecule has 2 heterocycles. The van der Waals surface area contributed by atoms with Crippen LogP contribution in [0.3, 0.4) is 0 Å². The van der Waals surface area contributed by atoms with E-state index in [9.17, 15) is 4.79 Å². The van der Waals surface area contributed by atoms with Crippen molar-refractivity contribution in [3.05, 3.63) is 53.5 Å². The molecule has 2 N–H and O–H groups in total. The van der Waals surface area contributed by atoms with E-state index in [1.165, 1.54) is 0 Å². The molecule has 0 aliphatic heterocycles. The highest BCUT2D eigenvalue weighted by Gasteiger charge is 2.10. The first-order chi connectivity index (χ1) is 10.1. The Labute approximate surface area is 121 Å². The van der Waals surface area contributed by atoms with E-state index in [4.69, 9.17) is 9.52 Å². The Balaban J connectivity index is 1.68. The Morgan fingerprint density at radius 2 is 2.14 bits per heavy atom. The molecule has 0 radical (unpaired) electrons. The molecule has 0 unspecified atom stereocenters. The molecule has 1 aromatic carbocycles. The minimum Gasteiger partial charge on any atom is -0.475 e. The van der Waals surface area contributed by atoms with Crippen LogP contribution in [0.1, 0.15) is 21.7 Å². The van der Waals surface area contributed by atoms with E-state index in [-0.39, 0.29) is 5.76 Å². The monoisotopic (exact) mass is 285 g/mol. The lowest BCUT2D eigenvalue weighted by Gasteiger charge is -2.03. The van der Waals surface area contributed by atoms with Crippen molar-refractivity contribution in [2.75, 3.05) is 0 Å². The van der Waals surface area contributed by atoms with Crippen molar-refractivity contribution in [2.45, 2.75) is 13.1 Å². The molecule has 21 heavy (non-hydrogen) atoms. The first-order valence-electron chi connectivity index (χ1n) is 6.56. The number of nitrogens with one attached hydrogen (secondary N) is 1. The highest BCUT2D eigenvalue weighted by atomic mass is 16.4. The molecule has 0 atom stereocenters. The van der Waals surface area contributed by atoms with Crippen molar-refractivity contribution in [3.8, 4) is 0 Å². The maximum atomic E-state index is 10.9. The summed E-state index contributed by atoms with van der Waals surface area (Å²) in [5.74, 6) is -1.09. The summed E-state index contributed by atoms with van der Waals surface area (Å²) in [7, 11) is 1.89. The molecular weight excluding hydrogens is 270 g/mol. The number of nitrogens with zero attached hydrogens (tertiary/aromatic N) is 2. The number of benzene rings is 1. The zero-order chi connectivity index (χ0) is 14.8. The van der Waals surface area contributed by atoms with E-state index in [2.05, 4.69) is 10.4 Å². The maximum Gasteiger partial charge on any atom is 0.371 e. The van der Waals surface area contributed by atoms with Gasteiger partial charge in [0.05, 0.1) is 6.20 Å². The predicted octanol–water partition coefficient (Wildman–Crippen LogP) is 2.15. The molecule has 0 aliphatic rings. The van der Waals surface area contributed by atoms with E-state index in [1.54, 1.807) is 16.8 Å². The highest BCUT2D eigenvalue weighted by Crippen LogP contribution is 2.20. The average Bonchev–Trinajstić information content (AvgIpc) is 3.04. The SMILES string of the molecule is Cn1cc(CNCc2ccc3oc(C(=O)O)cc3c2)cn1. The summed E-state index contributed by atoms with van der Waals surface area (Å²) in [6, 6.07) is 7.19. The Kier molecular flexibility index (Phi) is 3.45. The van der Waals surface area contributed by atoms with Crippen LogP contribution in [0.25, 0.3) is 11.0 Å². The van der Waals surface area contributed by atoms with E-state index < -0.39 is 5.97 Å². The summed E-state index contributed by atoms with van der Waals surface area (Å²) in [6.45, 7) is 1.43. The smallest absolute Gasteiger partial charge is 0.371 e. The number of carbonyl (C=O) groups is 1. The predicted molar refractivity (Wildman–Crippen MR) is 76.9 cm³/mol. The number of rotatable bonds is 5. The Morgan fingerprint density at radius 3 is 2.86 bits per heavy atom. The van der Waals surface area contributed by atoms with Gasteiger partial charge in [0.1, 0.15) is 5.58 Å². The van der Waals surface area contributed by atoms with Gasteiger partial charge >= 0.3 is 5.97 Å². The third-order valence-corrected chi connectivity index (χ3v) is 3.21. The van der Waals surface area contributed by atoms with Crippen molar-refractivity contribution in [1.29, 1.82) is 0 Å². The Morgan fingerprint density at radius 1 is 1.33 bits per heavy atom. The molecule has 3 aromatic rings. The third-order valence-electron chi connectivity index (χ3n) is 3.21. The molecule has 108 valence electrons. The van der Waals surface area contributed by atoms with Crippen molar-refractivity contribution in [3.63, 3.8) is 0 Å². The number of aromatic carboxylic acids is 1. The number of hydrogen-bond donors (Lipinski definition) is 2. The summed E-state index contributed by atoms with van der Waals surface area (Å²) < 4.78 is 7.00. The molecule has 0 amide bonds. The second-order valence-corrected chi connectivity index (χ2v) is 4.91. The molecule has 2 aromatic heterocycles. The summed E-state index contributed by atoms with van der Waals surface area (Å²) in [4.78, 5) is 10.9. The highest BCUT2D eigenvalue weighted by molar-refractivity contribution is 5.91. The van der Waals surface area contributed by atoms with Gasteiger partial charge in [0.15, 0.2) is 0 Å². The lowest BCUT2D eigenvalue weighted by atomic mass is 10.1. The first-order valence-corrected chi connectivity index (χ1v) is 6.56. The van der Waals surface area contributed by atoms with Gasteiger partial charge in [-0.2, -0.15) is 5.10 Å². The third kappa shape index (κ3) is 2.95. The fraction of sp³-hybridized carbons (Fsp3) is 0.200. The lowest BCUT2D eigenvalue weighted by molar-refractivity contribution is 0.0665. The van der Waals surface area contributed by atoms with Crippen LogP contribution in [-0.2, 0) is 20.1 Å². The lowest BCUT2D eigenvalue weighted by Crippen LogP contribution is -2.12. The molecule has 3 rings (SSSR count). The van der Waals surface area contributed by atoms with Gasteiger partial charge in [-0.05, 0) is 23.8 Å². The van der Waals surface area contributed by atoms with Gasteiger partial charge in [0.2, 0.25) is 5.76 Å². The fourth-order valence-corrected chi connectivity index (χ4v) is 2.22. The number of carboxylic acids is 1. The molecule has 0 saturated carbocycles. The van der Waals surface area contributed by atoms with E-state index in [0.717, 1.165) is 23.1 Å². The van der Waals surface area contributed by atoms with E-state index in [1.807, 2.05) is 31.6 Å². The van der Waals surface area contributed by atoms with Crippen LogP contribution in [0.4, 0.5) is 0 Å². The van der Waals surface area contributed by atoms with Crippen LogP contribution in [0, 0.1) is 0 Å². The zero-order valence-electron chi connectivity index (χ0n) is 11.5.